The SMILES string of the molecule is CCC[SiH2]C1C=CC=C1. The van der Waals surface area contributed by atoms with Crippen LogP contribution in [0.3, 0.4) is 0 Å². The monoisotopic (exact) mass is 138 g/mol. The molecule has 0 spiro atoms. The maximum Gasteiger partial charge on any atom is 0.0327 e. The summed E-state index contributed by atoms with van der Waals surface area (Å²) in [7, 11) is 0.214. The quantitative estimate of drug-likeness (QED) is 0.523. The van der Waals surface area contributed by atoms with Crippen LogP contribution < -0.4 is 0 Å². The summed E-state index contributed by atoms with van der Waals surface area (Å²) in [6, 6.07) is 1.50. The molecule has 0 saturated carbocycles. The predicted molar refractivity (Wildman–Crippen MR) is 45.7 cm³/mol. The van der Waals surface area contributed by atoms with E-state index >= 15 is 0 Å². The van der Waals surface area contributed by atoms with Crippen molar-refractivity contribution in [1.82, 2.24) is 0 Å². The molecule has 0 aromatic carbocycles. The molecule has 1 rings (SSSR count). The predicted octanol–water partition coefficient (Wildman–Crippen LogP) is 1.90. The minimum absolute atomic E-state index is 0.214. The van der Waals surface area contributed by atoms with Crippen molar-refractivity contribution in [2.75, 3.05) is 0 Å². The van der Waals surface area contributed by atoms with Crippen LogP contribution >= 0.6 is 0 Å². The van der Waals surface area contributed by atoms with E-state index < -0.39 is 0 Å². The van der Waals surface area contributed by atoms with Gasteiger partial charge in [-0.15, -0.1) is 0 Å². The first-order valence-corrected chi connectivity index (χ1v) is 5.60. The maximum absolute atomic E-state index is 2.34. The lowest BCUT2D eigenvalue weighted by Gasteiger charge is -1.99. The number of rotatable bonds is 3. The van der Waals surface area contributed by atoms with Crippen LogP contribution in [0.25, 0.3) is 0 Å². The zero-order valence-corrected chi connectivity index (χ0v) is 7.42. The molecule has 0 heterocycles. The Hall–Kier alpha value is -0.303. The molecule has 0 bridgehead atoms. The largest absolute Gasteiger partial charge is 0.0810 e. The van der Waals surface area contributed by atoms with Crippen molar-refractivity contribution in [3.63, 3.8) is 0 Å². The highest BCUT2D eigenvalue weighted by atomic mass is 28.2. The van der Waals surface area contributed by atoms with Gasteiger partial charge in [0.15, 0.2) is 0 Å². The molecule has 0 saturated heterocycles. The van der Waals surface area contributed by atoms with Crippen LogP contribution in [0, 0.1) is 0 Å². The summed E-state index contributed by atoms with van der Waals surface area (Å²) in [6.45, 7) is 2.27. The highest BCUT2D eigenvalue weighted by Crippen LogP contribution is 2.15. The molecule has 1 aliphatic rings. The molecule has 0 aromatic heterocycles. The normalized spacial score (nSPS) is 18.8. The van der Waals surface area contributed by atoms with Gasteiger partial charge in [0.1, 0.15) is 0 Å². The number of hydrogen-bond donors (Lipinski definition) is 0. The fourth-order valence-corrected chi connectivity index (χ4v) is 2.69. The Kier molecular flexibility index (Phi) is 2.78. The third-order valence-corrected chi connectivity index (χ3v) is 4.05. The summed E-state index contributed by atoms with van der Waals surface area (Å²) in [5.74, 6) is 0. The maximum atomic E-state index is 2.34. The first kappa shape index (κ1) is 6.81. The molecular weight excluding hydrogens is 124 g/mol. The lowest BCUT2D eigenvalue weighted by Crippen LogP contribution is -1.93. The van der Waals surface area contributed by atoms with E-state index in [9.17, 15) is 0 Å². The van der Waals surface area contributed by atoms with Gasteiger partial charge in [-0.2, -0.15) is 0 Å². The van der Waals surface area contributed by atoms with E-state index in [4.69, 9.17) is 0 Å². The molecule has 1 aliphatic carbocycles. The second kappa shape index (κ2) is 3.67. The molecule has 9 heavy (non-hydrogen) atoms. The van der Waals surface area contributed by atoms with E-state index in [2.05, 4.69) is 31.2 Å². The Morgan fingerprint density at radius 3 is 2.56 bits per heavy atom. The summed E-state index contributed by atoms with van der Waals surface area (Å²) in [6.07, 6.45) is 10.4. The van der Waals surface area contributed by atoms with Crippen molar-refractivity contribution in [3.05, 3.63) is 24.3 Å². The first-order valence-electron chi connectivity index (χ1n) is 3.78. The first-order chi connectivity index (χ1) is 4.43. The highest BCUT2D eigenvalue weighted by Gasteiger charge is 2.01. The second-order valence-corrected chi connectivity index (χ2v) is 4.80. The van der Waals surface area contributed by atoms with Gasteiger partial charge in [0, 0.05) is 9.52 Å². The van der Waals surface area contributed by atoms with Crippen LogP contribution in [0.1, 0.15) is 13.3 Å². The minimum atomic E-state index is 0.214. The Bertz CT molecular complexity index is 113. The average Bonchev–Trinajstić information content (AvgIpc) is 2.34. The van der Waals surface area contributed by atoms with E-state index in [1.165, 1.54) is 12.5 Å². The van der Waals surface area contributed by atoms with Gasteiger partial charge in [-0.1, -0.05) is 43.7 Å². The fourth-order valence-electron chi connectivity index (χ4n) is 1.11. The van der Waals surface area contributed by atoms with Crippen molar-refractivity contribution in [1.29, 1.82) is 0 Å². The van der Waals surface area contributed by atoms with Crippen LogP contribution in [-0.4, -0.2) is 9.52 Å². The zero-order valence-electron chi connectivity index (χ0n) is 6.01. The molecule has 0 nitrogen and oxygen atoms in total. The van der Waals surface area contributed by atoms with Crippen LogP contribution in [0.2, 0.25) is 11.6 Å². The van der Waals surface area contributed by atoms with Crippen LogP contribution in [0.5, 0.6) is 0 Å². The molecule has 0 unspecified atom stereocenters. The lowest BCUT2D eigenvalue weighted by molar-refractivity contribution is 1.06. The lowest BCUT2D eigenvalue weighted by atomic mass is 10.5. The van der Waals surface area contributed by atoms with Gasteiger partial charge in [-0.25, -0.2) is 0 Å². The zero-order chi connectivity index (χ0) is 6.53. The van der Waals surface area contributed by atoms with Crippen molar-refractivity contribution in [2.45, 2.75) is 24.9 Å². The van der Waals surface area contributed by atoms with Gasteiger partial charge in [0.25, 0.3) is 0 Å². The molecule has 50 valence electrons. The van der Waals surface area contributed by atoms with Gasteiger partial charge in [0.2, 0.25) is 0 Å². The molecule has 0 amide bonds. The molecule has 0 fully saturated rings. The summed E-state index contributed by atoms with van der Waals surface area (Å²) in [5.41, 5.74) is 0.893. The number of hydrogen-bond acceptors (Lipinski definition) is 0. The Morgan fingerprint density at radius 1 is 1.33 bits per heavy atom. The standard InChI is InChI=1S/C8H14Si/c1-2-7-9-8-5-3-4-6-8/h3-6,8H,2,7,9H2,1H3. The summed E-state index contributed by atoms with van der Waals surface area (Å²) in [5, 5.41) is 0. The Morgan fingerprint density at radius 2 is 2.00 bits per heavy atom. The van der Waals surface area contributed by atoms with E-state index in [-0.39, 0.29) is 9.52 Å². The Labute approximate surface area is 59.5 Å². The highest BCUT2D eigenvalue weighted by molar-refractivity contribution is 6.39. The third kappa shape index (κ3) is 2.18. The minimum Gasteiger partial charge on any atom is -0.0810 e. The second-order valence-electron chi connectivity index (χ2n) is 2.58. The number of allylic oxidation sites excluding steroid dienone is 4. The fraction of sp³-hybridized carbons (Fsp3) is 0.500. The van der Waals surface area contributed by atoms with Gasteiger partial charge >= 0.3 is 0 Å². The van der Waals surface area contributed by atoms with Crippen molar-refractivity contribution in [3.8, 4) is 0 Å². The molecule has 1 heteroatoms. The topological polar surface area (TPSA) is 0 Å². The average molecular weight is 138 g/mol. The molecule has 0 atom stereocenters. The van der Waals surface area contributed by atoms with Crippen molar-refractivity contribution < 1.29 is 0 Å². The van der Waals surface area contributed by atoms with Gasteiger partial charge in [-0.05, 0) is 5.54 Å². The summed E-state index contributed by atoms with van der Waals surface area (Å²) >= 11 is 0. The summed E-state index contributed by atoms with van der Waals surface area (Å²) < 4.78 is 0. The van der Waals surface area contributed by atoms with E-state index in [1.54, 1.807) is 0 Å². The van der Waals surface area contributed by atoms with E-state index in [0.717, 1.165) is 5.54 Å². The van der Waals surface area contributed by atoms with Crippen LogP contribution in [-0.2, 0) is 0 Å². The van der Waals surface area contributed by atoms with E-state index in [0.29, 0.717) is 0 Å². The smallest absolute Gasteiger partial charge is 0.0327 e. The van der Waals surface area contributed by atoms with Gasteiger partial charge in [-0.3, -0.25) is 0 Å². The van der Waals surface area contributed by atoms with Gasteiger partial charge < -0.3 is 0 Å². The van der Waals surface area contributed by atoms with Crippen LogP contribution in [0.15, 0.2) is 24.3 Å². The van der Waals surface area contributed by atoms with E-state index in [1.807, 2.05) is 0 Å². The summed E-state index contributed by atoms with van der Waals surface area (Å²) in [4.78, 5) is 0. The van der Waals surface area contributed by atoms with Gasteiger partial charge in [0.05, 0.1) is 0 Å². The Balaban J connectivity index is 2.13. The molecule has 0 radical (unpaired) electrons. The molecule has 0 N–H and O–H groups in total. The molecule has 0 aliphatic heterocycles. The molecule has 0 aromatic rings. The van der Waals surface area contributed by atoms with Crippen LogP contribution in [0.4, 0.5) is 0 Å². The third-order valence-electron chi connectivity index (χ3n) is 1.72. The molecular formula is C8H14Si. The van der Waals surface area contributed by atoms with Crippen molar-refractivity contribution in [2.24, 2.45) is 0 Å². The van der Waals surface area contributed by atoms with Crippen molar-refractivity contribution >= 4 is 9.52 Å².